The standard InChI is InChI=1S/C17H17NO3/c19-10-4-3-6-12-5-1-2-7-15(12)18-16(20)13-8-9-14(11-13)17(18)21/h1-2,5,7,13-14,19H,4,8-11H2. The van der Waals surface area contributed by atoms with Gasteiger partial charge >= 0.3 is 0 Å². The van der Waals surface area contributed by atoms with Crippen LogP contribution < -0.4 is 4.90 Å². The van der Waals surface area contributed by atoms with Crippen molar-refractivity contribution in [2.75, 3.05) is 11.5 Å². The van der Waals surface area contributed by atoms with Crippen molar-refractivity contribution in [2.45, 2.75) is 25.7 Å². The molecule has 3 rings (SSSR count). The van der Waals surface area contributed by atoms with E-state index in [0.29, 0.717) is 24.1 Å². The Kier molecular flexibility index (Phi) is 3.76. The van der Waals surface area contributed by atoms with Crippen LogP contribution in [0.5, 0.6) is 0 Å². The van der Waals surface area contributed by atoms with Crippen LogP contribution in [0.15, 0.2) is 24.3 Å². The van der Waals surface area contributed by atoms with E-state index in [0.717, 1.165) is 12.8 Å². The van der Waals surface area contributed by atoms with Crippen LogP contribution in [0.1, 0.15) is 31.2 Å². The second kappa shape index (κ2) is 5.71. The lowest BCUT2D eigenvalue weighted by molar-refractivity contribution is -0.133. The molecule has 2 amide bonds. The van der Waals surface area contributed by atoms with Crippen LogP contribution in [-0.4, -0.2) is 23.5 Å². The molecular formula is C17H17NO3. The number of imide groups is 1. The van der Waals surface area contributed by atoms with Crippen LogP contribution in [0, 0.1) is 23.7 Å². The highest BCUT2D eigenvalue weighted by Crippen LogP contribution is 2.40. The summed E-state index contributed by atoms with van der Waals surface area (Å²) in [4.78, 5) is 26.3. The highest BCUT2D eigenvalue weighted by atomic mass is 16.2. The molecule has 108 valence electrons. The molecule has 2 unspecified atom stereocenters. The zero-order chi connectivity index (χ0) is 14.8. The molecule has 4 heteroatoms. The predicted octanol–water partition coefficient (Wildman–Crippen LogP) is 1.71. The second-order valence-corrected chi connectivity index (χ2v) is 5.51. The van der Waals surface area contributed by atoms with Crippen molar-refractivity contribution < 1.29 is 14.7 Å². The normalized spacial score (nSPS) is 24.0. The number of aliphatic hydroxyl groups excluding tert-OH is 1. The number of anilines is 1. The number of benzene rings is 1. The summed E-state index contributed by atoms with van der Waals surface area (Å²) in [5.74, 6) is 5.57. The molecule has 2 aliphatic rings. The van der Waals surface area contributed by atoms with E-state index in [9.17, 15) is 9.59 Å². The monoisotopic (exact) mass is 283 g/mol. The summed E-state index contributed by atoms with van der Waals surface area (Å²) >= 11 is 0. The SMILES string of the molecule is O=C1C2CCC(C2)C(=O)N1c1ccccc1C#CCCO. The first kappa shape index (κ1) is 13.8. The quantitative estimate of drug-likeness (QED) is 0.664. The van der Waals surface area contributed by atoms with E-state index in [2.05, 4.69) is 11.8 Å². The predicted molar refractivity (Wildman–Crippen MR) is 78.3 cm³/mol. The number of carbonyl (C=O) groups is 2. The van der Waals surface area contributed by atoms with Crippen LogP contribution in [0.2, 0.25) is 0 Å². The minimum atomic E-state index is -0.0924. The zero-order valence-electron chi connectivity index (χ0n) is 11.7. The number of piperidine rings is 1. The maximum absolute atomic E-state index is 12.5. The summed E-state index contributed by atoms with van der Waals surface area (Å²) in [6, 6.07) is 7.21. The van der Waals surface area contributed by atoms with E-state index in [1.807, 2.05) is 12.1 Å². The van der Waals surface area contributed by atoms with Gasteiger partial charge in [-0.25, -0.2) is 4.90 Å². The Bertz CT molecular complexity index is 619. The summed E-state index contributed by atoms with van der Waals surface area (Å²) in [7, 11) is 0. The molecule has 1 aromatic rings. The van der Waals surface area contributed by atoms with Crippen LogP contribution in [-0.2, 0) is 9.59 Å². The molecule has 4 nitrogen and oxygen atoms in total. The number of carbonyl (C=O) groups excluding carboxylic acids is 2. The van der Waals surface area contributed by atoms with Gasteiger partial charge in [0.1, 0.15) is 0 Å². The number of nitrogens with zero attached hydrogens (tertiary/aromatic N) is 1. The lowest BCUT2D eigenvalue weighted by Gasteiger charge is -2.30. The highest BCUT2D eigenvalue weighted by Gasteiger charge is 2.46. The lowest BCUT2D eigenvalue weighted by atomic mass is 9.95. The summed E-state index contributed by atoms with van der Waals surface area (Å²) in [5.41, 5.74) is 1.24. The number of fused-ring (bicyclic) bond motifs is 2. The van der Waals surface area contributed by atoms with Crippen molar-refractivity contribution in [3.05, 3.63) is 29.8 Å². The third kappa shape index (κ3) is 2.45. The van der Waals surface area contributed by atoms with E-state index >= 15 is 0 Å². The summed E-state index contributed by atoms with van der Waals surface area (Å²) < 4.78 is 0. The van der Waals surface area contributed by atoms with Gasteiger partial charge in [0, 0.05) is 23.8 Å². The molecule has 1 aliphatic carbocycles. The average molecular weight is 283 g/mol. The molecule has 1 saturated heterocycles. The zero-order valence-corrected chi connectivity index (χ0v) is 11.7. The molecule has 21 heavy (non-hydrogen) atoms. The smallest absolute Gasteiger partial charge is 0.236 e. The van der Waals surface area contributed by atoms with Gasteiger partial charge in [0.05, 0.1) is 12.3 Å². The first-order chi connectivity index (χ1) is 10.2. The number of rotatable bonds is 2. The van der Waals surface area contributed by atoms with Crippen molar-refractivity contribution in [3.8, 4) is 11.8 Å². The maximum Gasteiger partial charge on any atom is 0.236 e. The Morgan fingerprint density at radius 2 is 1.81 bits per heavy atom. The minimum absolute atomic E-state index is 0.000883. The van der Waals surface area contributed by atoms with Gasteiger partial charge in [-0.3, -0.25) is 9.59 Å². The Hall–Kier alpha value is -2.12. The van der Waals surface area contributed by atoms with Gasteiger partial charge in [-0.2, -0.15) is 0 Å². The highest BCUT2D eigenvalue weighted by molar-refractivity contribution is 6.19. The summed E-state index contributed by atoms with van der Waals surface area (Å²) in [6.45, 7) is 0.000883. The van der Waals surface area contributed by atoms with Crippen molar-refractivity contribution >= 4 is 17.5 Å². The summed E-state index contributed by atoms with van der Waals surface area (Å²) in [5, 5.41) is 8.80. The number of aliphatic hydroxyl groups is 1. The van der Waals surface area contributed by atoms with Gasteiger partial charge in [0.25, 0.3) is 0 Å². The fourth-order valence-electron chi connectivity index (χ4n) is 3.13. The van der Waals surface area contributed by atoms with Crippen LogP contribution in [0.3, 0.4) is 0 Å². The van der Waals surface area contributed by atoms with Gasteiger partial charge < -0.3 is 5.11 Å². The van der Waals surface area contributed by atoms with Crippen molar-refractivity contribution in [1.29, 1.82) is 0 Å². The van der Waals surface area contributed by atoms with Gasteiger partial charge in [-0.15, -0.1) is 0 Å². The lowest BCUT2D eigenvalue weighted by Crippen LogP contribution is -2.46. The molecule has 0 spiro atoms. The van der Waals surface area contributed by atoms with Crippen molar-refractivity contribution in [3.63, 3.8) is 0 Å². The van der Waals surface area contributed by atoms with Crippen LogP contribution >= 0.6 is 0 Å². The molecule has 1 N–H and O–H groups in total. The molecular weight excluding hydrogens is 266 g/mol. The molecule has 1 saturated carbocycles. The third-order valence-electron chi connectivity index (χ3n) is 4.18. The van der Waals surface area contributed by atoms with Gasteiger partial charge in [0.15, 0.2) is 0 Å². The van der Waals surface area contributed by atoms with E-state index in [4.69, 9.17) is 5.11 Å². The minimum Gasteiger partial charge on any atom is -0.395 e. The van der Waals surface area contributed by atoms with Crippen LogP contribution in [0.4, 0.5) is 5.69 Å². The fourth-order valence-corrected chi connectivity index (χ4v) is 3.13. The van der Waals surface area contributed by atoms with Crippen molar-refractivity contribution in [2.24, 2.45) is 11.8 Å². The van der Waals surface area contributed by atoms with E-state index in [1.54, 1.807) is 12.1 Å². The first-order valence-electron chi connectivity index (χ1n) is 7.29. The summed E-state index contributed by atoms with van der Waals surface area (Å²) in [6.07, 6.45) is 2.70. The third-order valence-corrected chi connectivity index (χ3v) is 4.18. The molecule has 0 radical (unpaired) electrons. The molecule has 1 heterocycles. The molecule has 2 atom stereocenters. The number of hydrogen-bond donors (Lipinski definition) is 1. The molecule has 1 aliphatic heterocycles. The van der Waals surface area contributed by atoms with Gasteiger partial charge in [-0.05, 0) is 31.4 Å². The van der Waals surface area contributed by atoms with E-state index in [1.165, 1.54) is 4.90 Å². The number of hydrogen-bond acceptors (Lipinski definition) is 3. The number of para-hydroxylation sites is 1. The van der Waals surface area contributed by atoms with Gasteiger partial charge in [0.2, 0.25) is 11.8 Å². The van der Waals surface area contributed by atoms with Gasteiger partial charge in [-0.1, -0.05) is 24.0 Å². The first-order valence-corrected chi connectivity index (χ1v) is 7.29. The van der Waals surface area contributed by atoms with E-state index in [-0.39, 0.29) is 30.3 Å². The fraction of sp³-hybridized carbons (Fsp3) is 0.412. The maximum atomic E-state index is 12.5. The van der Waals surface area contributed by atoms with Crippen molar-refractivity contribution in [1.82, 2.24) is 0 Å². The molecule has 0 aromatic heterocycles. The van der Waals surface area contributed by atoms with Crippen LogP contribution in [0.25, 0.3) is 0 Å². The van der Waals surface area contributed by atoms with E-state index < -0.39 is 0 Å². The molecule has 2 bridgehead atoms. The topological polar surface area (TPSA) is 57.6 Å². The second-order valence-electron chi connectivity index (χ2n) is 5.51. The Balaban J connectivity index is 1.98. The Morgan fingerprint density at radius 1 is 1.14 bits per heavy atom. The average Bonchev–Trinajstić information content (AvgIpc) is 2.94. The Labute approximate surface area is 123 Å². The molecule has 1 aromatic carbocycles. The Morgan fingerprint density at radius 3 is 2.48 bits per heavy atom. The molecule has 2 fully saturated rings. The largest absolute Gasteiger partial charge is 0.395 e. The number of amides is 2.